The second-order valence-corrected chi connectivity index (χ2v) is 8.55. The minimum atomic E-state index is -0.111. The number of hydrogen-bond acceptors (Lipinski definition) is 4. The van der Waals surface area contributed by atoms with E-state index in [0.29, 0.717) is 17.3 Å². The molecule has 1 amide bonds. The number of halogens is 1. The van der Waals surface area contributed by atoms with E-state index in [9.17, 15) is 4.79 Å². The van der Waals surface area contributed by atoms with Crippen molar-refractivity contribution in [2.45, 2.75) is 39.0 Å². The number of aryl methyl sites for hydroxylation is 2. The largest absolute Gasteiger partial charge is 0.347 e. The monoisotopic (exact) mass is 453 g/mol. The normalized spacial score (nSPS) is 11.2. The lowest BCUT2D eigenvalue weighted by molar-refractivity contribution is -0.113. The summed E-state index contributed by atoms with van der Waals surface area (Å²) in [6.45, 7) is 7.71. The number of nitrogens with one attached hydrogen (secondary N) is 1. The van der Waals surface area contributed by atoms with E-state index in [-0.39, 0.29) is 11.7 Å². The Morgan fingerprint density at radius 3 is 2.68 bits per heavy atom. The molecule has 8 heteroatoms. The summed E-state index contributed by atoms with van der Waals surface area (Å²) < 4.78 is 4.27. The second kappa shape index (κ2) is 9.16. The molecule has 4 rings (SSSR count). The minimum absolute atomic E-state index is 0.111. The molecule has 2 heterocycles. The maximum absolute atomic E-state index is 12.4. The Morgan fingerprint density at radius 2 is 1.94 bits per heavy atom. The first-order valence-corrected chi connectivity index (χ1v) is 11.6. The van der Waals surface area contributed by atoms with Crippen LogP contribution in [0.5, 0.6) is 0 Å². The van der Waals surface area contributed by atoms with Crippen LogP contribution in [0.2, 0.25) is 5.02 Å². The van der Waals surface area contributed by atoms with Crippen molar-refractivity contribution < 1.29 is 4.79 Å². The van der Waals surface area contributed by atoms with Crippen molar-refractivity contribution >= 4 is 45.9 Å². The molecule has 0 aliphatic heterocycles. The molecule has 6 nitrogen and oxygen atoms in total. The Bertz CT molecular complexity index is 1250. The highest BCUT2D eigenvalue weighted by Crippen LogP contribution is 2.31. The number of fused-ring (bicyclic) bond motifs is 1. The fraction of sp³-hybridized carbons (Fsp3) is 0.261. The minimum Gasteiger partial charge on any atom is -0.347 e. The van der Waals surface area contributed by atoms with Crippen molar-refractivity contribution in [1.29, 1.82) is 0 Å². The molecule has 160 valence electrons. The van der Waals surface area contributed by atoms with E-state index in [4.69, 9.17) is 11.6 Å². The van der Waals surface area contributed by atoms with Crippen LogP contribution in [0.4, 0.5) is 5.69 Å². The summed E-state index contributed by atoms with van der Waals surface area (Å²) >= 11 is 7.52. The molecular formula is C23H24ClN5OS. The van der Waals surface area contributed by atoms with Gasteiger partial charge in [0.1, 0.15) is 0 Å². The number of aromatic nitrogens is 4. The zero-order valence-electron chi connectivity index (χ0n) is 17.7. The summed E-state index contributed by atoms with van der Waals surface area (Å²) in [5.74, 6) is 0.944. The third kappa shape index (κ3) is 4.34. The third-order valence-corrected chi connectivity index (χ3v) is 6.57. The lowest BCUT2D eigenvalue weighted by atomic mass is 10.1. The number of benzene rings is 2. The number of para-hydroxylation sites is 1. The number of thioether (sulfide) groups is 1. The Morgan fingerprint density at radius 1 is 1.13 bits per heavy atom. The molecule has 0 fully saturated rings. The van der Waals surface area contributed by atoms with E-state index in [1.807, 2.05) is 31.2 Å². The maximum atomic E-state index is 12.4. The molecule has 0 radical (unpaired) electrons. The molecule has 0 saturated carbocycles. The van der Waals surface area contributed by atoms with Crippen LogP contribution in [-0.2, 0) is 17.9 Å². The van der Waals surface area contributed by atoms with Crippen LogP contribution in [0.15, 0.2) is 53.8 Å². The molecule has 2 aromatic carbocycles. The van der Waals surface area contributed by atoms with Gasteiger partial charge in [0.2, 0.25) is 5.91 Å². The van der Waals surface area contributed by atoms with Crippen molar-refractivity contribution in [3.8, 4) is 11.4 Å². The van der Waals surface area contributed by atoms with Crippen LogP contribution >= 0.6 is 23.4 Å². The van der Waals surface area contributed by atoms with Gasteiger partial charge in [-0.15, -0.1) is 10.2 Å². The molecule has 2 aromatic heterocycles. The highest BCUT2D eigenvalue weighted by Gasteiger charge is 2.18. The zero-order valence-corrected chi connectivity index (χ0v) is 19.3. The van der Waals surface area contributed by atoms with Gasteiger partial charge >= 0.3 is 0 Å². The van der Waals surface area contributed by atoms with Gasteiger partial charge in [-0.3, -0.25) is 4.79 Å². The van der Waals surface area contributed by atoms with Gasteiger partial charge in [0.05, 0.1) is 5.75 Å². The molecule has 0 aliphatic rings. The Kier molecular flexibility index (Phi) is 6.34. The predicted octanol–water partition coefficient (Wildman–Crippen LogP) is 5.63. The van der Waals surface area contributed by atoms with Crippen molar-refractivity contribution in [1.82, 2.24) is 19.3 Å². The van der Waals surface area contributed by atoms with E-state index in [1.165, 1.54) is 17.3 Å². The molecule has 0 spiro atoms. The highest BCUT2D eigenvalue weighted by molar-refractivity contribution is 7.99. The van der Waals surface area contributed by atoms with E-state index in [1.54, 1.807) is 6.07 Å². The van der Waals surface area contributed by atoms with Crippen LogP contribution in [0.25, 0.3) is 22.3 Å². The molecule has 31 heavy (non-hydrogen) atoms. The number of nitrogens with zero attached hydrogens (tertiary/aromatic N) is 4. The van der Waals surface area contributed by atoms with E-state index < -0.39 is 0 Å². The molecule has 0 aliphatic carbocycles. The smallest absolute Gasteiger partial charge is 0.234 e. The molecular weight excluding hydrogens is 430 g/mol. The molecule has 1 N–H and O–H groups in total. The summed E-state index contributed by atoms with van der Waals surface area (Å²) in [6.07, 6.45) is 2.13. The number of carbonyl (C=O) groups excluding carboxylic acids is 1. The number of carbonyl (C=O) groups is 1. The van der Waals surface area contributed by atoms with Gasteiger partial charge < -0.3 is 14.5 Å². The average Bonchev–Trinajstić information content (AvgIpc) is 3.35. The Labute approximate surface area is 190 Å². The summed E-state index contributed by atoms with van der Waals surface area (Å²) in [7, 11) is 0. The van der Waals surface area contributed by atoms with Crippen molar-refractivity contribution in [2.24, 2.45) is 0 Å². The molecule has 0 saturated heterocycles. The quantitative estimate of drug-likeness (QED) is 0.368. The van der Waals surface area contributed by atoms with Gasteiger partial charge in [0, 0.05) is 46.5 Å². The highest BCUT2D eigenvalue weighted by atomic mass is 35.5. The summed E-state index contributed by atoms with van der Waals surface area (Å²) in [4.78, 5) is 12.4. The van der Waals surface area contributed by atoms with Crippen LogP contribution in [-0.4, -0.2) is 31.0 Å². The van der Waals surface area contributed by atoms with E-state index in [2.05, 4.69) is 56.8 Å². The number of amides is 1. The maximum Gasteiger partial charge on any atom is 0.234 e. The Balaban J connectivity index is 1.54. The van der Waals surface area contributed by atoms with Gasteiger partial charge in [-0.2, -0.15) is 0 Å². The van der Waals surface area contributed by atoms with E-state index in [0.717, 1.165) is 34.0 Å². The first-order valence-electron chi connectivity index (χ1n) is 10.2. The molecule has 0 unspecified atom stereocenters. The van der Waals surface area contributed by atoms with Gasteiger partial charge in [-0.1, -0.05) is 47.6 Å². The van der Waals surface area contributed by atoms with Crippen LogP contribution in [0, 0.1) is 6.92 Å². The van der Waals surface area contributed by atoms with Crippen LogP contribution in [0.1, 0.15) is 19.4 Å². The topological polar surface area (TPSA) is 64.7 Å². The lowest BCUT2D eigenvalue weighted by Gasteiger charge is -2.08. The number of rotatable bonds is 7. The van der Waals surface area contributed by atoms with Gasteiger partial charge in [-0.25, -0.2) is 0 Å². The first-order chi connectivity index (χ1) is 15.0. The van der Waals surface area contributed by atoms with Crippen molar-refractivity contribution in [3.05, 3.63) is 59.2 Å². The summed E-state index contributed by atoms with van der Waals surface area (Å²) in [6, 6.07) is 13.8. The average molecular weight is 454 g/mol. The zero-order chi connectivity index (χ0) is 22.0. The predicted molar refractivity (Wildman–Crippen MR) is 128 cm³/mol. The summed E-state index contributed by atoms with van der Waals surface area (Å²) in [5, 5.41) is 14.2. The standard InChI is InChI=1S/C23H24ClN5OS/c1-4-28-13-18(17-8-6-7-9-20(17)28)22-26-27-23(29(22)5-2)31-14-21(30)25-16-11-10-15(3)19(24)12-16/h6-13H,4-5,14H2,1-3H3,(H,25,30). The third-order valence-electron chi connectivity index (χ3n) is 5.19. The number of hydrogen-bond donors (Lipinski definition) is 1. The van der Waals surface area contributed by atoms with Crippen molar-refractivity contribution in [3.63, 3.8) is 0 Å². The van der Waals surface area contributed by atoms with Gasteiger partial charge in [0.25, 0.3) is 0 Å². The van der Waals surface area contributed by atoms with Gasteiger partial charge in [-0.05, 0) is 44.5 Å². The number of anilines is 1. The van der Waals surface area contributed by atoms with Gasteiger partial charge in [0.15, 0.2) is 11.0 Å². The second-order valence-electron chi connectivity index (χ2n) is 7.20. The summed E-state index contributed by atoms with van der Waals surface area (Å²) in [5.41, 5.74) is 3.89. The molecule has 0 bridgehead atoms. The van der Waals surface area contributed by atoms with E-state index >= 15 is 0 Å². The Hall–Kier alpha value is -2.77. The first kappa shape index (κ1) is 21.5. The molecule has 4 aromatic rings. The fourth-order valence-corrected chi connectivity index (χ4v) is 4.55. The van der Waals surface area contributed by atoms with Crippen LogP contribution < -0.4 is 5.32 Å². The van der Waals surface area contributed by atoms with Crippen LogP contribution in [0.3, 0.4) is 0 Å². The lowest BCUT2D eigenvalue weighted by Crippen LogP contribution is -2.14. The van der Waals surface area contributed by atoms with Crippen molar-refractivity contribution in [2.75, 3.05) is 11.1 Å². The molecule has 0 atom stereocenters. The fourth-order valence-electron chi connectivity index (χ4n) is 3.56. The SMILES string of the molecule is CCn1c(SCC(=O)Nc2ccc(C)c(Cl)c2)nnc1-c1cn(CC)c2ccccc12.